The molecule has 1 aromatic heterocycles. The van der Waals surface area contributed by atoms with Crippen LogP contribution in [0.25, 0.3) is 0 Å². The fraction of sp³-hybridized carbons (Fsp3) is 0.529. The SMILES string of the molecule is CCCc1ccc(S(=O)(=O)N2CCN(Cc3noc(CN)n3)CC2)cc1.Cl. The molecular weight excluding hydrogens is 390 g/mol. The monoisotopic (exact) mass is 415 g/mol. The van der Waals surface area contributed by atoms with Crippen LogP contribution in [0.2, 0.25) is 0 Å². The maximum Gasteiger partial charge on any atom is 0.243 e. The van der Waals surface area contributed by atoms with Gasteiger partial charge in [-0.2, -0.15) is 9.29 Å². The molecule has 0 amide bonds. The molecule has 2 heterocycles. The van der Waals surface area contributed by atoms with E-state index in [0.29, 0.717) is 49.3 Å². The fourth-order valence-corrected chi connectivity index (χ4v) is 4.45. The highest BCUT2D eigenvalue weighted by molar-refractivity contribution is 7.89. The van der Waals surface area contributed by atoms with Crippen molar-refractivity contribution in [3.63, 3.8) is 0 Å². The van der Waals surface area contributed by atoms with Crippen LogP contribution in [0.5, 0.6) is 0 Å². The first-order valence-corrected chi connectivity index (χ1v) is 10.3. The van der Waals surface area contributed by atoms with Crippen molar-refractivity contribution in [2.75, 3.05) is 26.2 Å². The second kappa shape index (κ2) is 9.61. The van der Waals surface area contributed by atoms with E-state index >= 15 is 0 Å². The van der Waals surface area contributed by atoms with E-state index in [9.17, 15) is 8.42 Å². The summed E-state index contributed by atoms with van der Waals surface area (Å²) >= 11 is 0. The van der Waals surface area contributed by atoms with E-state index in [4.69, 9.17) is 10.3 Å². The number of hydrogen-bond donors (Lipinski definition) is 1. The van der Waals surface area contributed by atoms with Gasteiger partial charge in [0.25, 0.3) is 0 Å². The number of aromatic nitrogens is 2. The Morgan fingerprint density at radius 1 is 1.15 bits per heavy atom. The van der Waals surface area contributed by atoms with E-state index in [-0.39, 0.29) is 19.0 Å². The highest BCUT2D eigenvalue weighted by Crippen LogP contribution is 2.19. The van der Waals surface area contributed by atoms with Crippen LogP contribution in [0.3, 0.4) is 0 Å². The van der Waals surface area contributed by atoms with E-state index in [1.165, 1.54) is 0 Å². The van der Waals surface area contributed by atoms with E-state index in [0.717, 1.165) is 18.4 Å². The van der Waals surface area contributed by atoms with Gasteiger partial charge in [-0.1, -0.05) is 30.6 Å². The van der Waals surface area contributed by atoms with Crippen molar-refractivity contribution in [2.24, 2.45) is 5.73 Å². The summed E-state index contributed by atoms with van der Waals surface area (Å²) in [7, 11) is -3.45. The molecule has 1 aliphatic heterocycles. The summed E-state index contributed by atoms with van der Waals surface area (Å²) in [5, 5.41) is 3.88. The topological polar surface area (TPSA) is 106 Å². The Labute approximate surface area is 166 Å². The van der Waals surface area contributed by atoms with Crippen molar-refractivity contribution in [1.82, 2.24) is 19.3 Å². The Kier molecular flexibility index (Phi) is 7.75. The number of nitrogens with two attached hydrogens (primary N) is 1. The summed E-state index contributed by atoms with van der Waals surface area (Å²) in [4.78, 5) is 6.66. The van der Waals surface area contributed by atoms with Crippen LogP contribution in [0.15, 0.2) is 33.7 Å². The average Bonchev–Trinajstić information content (AvgIpc) is 3.10. The number of halogens is 1. The first kappa shape index (κ1) is 21.8. The van der Waals surface area contributed by atoms with Crippen molar-refractivity contribution in [1.29, 1.82) is 0 Å². The number of piperazine rings is 1. The summed E-state index contributed by atoms with van der Waals surface area (Å²) < 4.78 is 32.2. The predicted octanol–water partition coefficient (Wildman–Crippen LogP) is 1.41. The maximum atomic E-state index is 12.8. The molecule has 150 valence electrons. The second-order valence-corrected chi connectivity index (χ2v) is 8.32. The fourth-order valence-electron chi connectivity index (χ4n) is 3.03. The third-order valence-corrected chi connectivity index (χ3v) is 6.39. The van der Waals surface area contributed by atoms with Crippen LogP contribution in [0.1, 0.15) is 30.6 Å². The number of sulfonamides is 1. The summed E-state index contributed by atoms with van der Waals surface area (Å²) in [6, 6.07) is 7.22. The maximum absolute atomic E-state index is 12.8. The van der Waals surface area contributed by atoms with Crippen LogP contribution < -0.4 is 5.73 Å². The summed E-state index contributed by atoms with van der Waals surface area (Å²) in [6.45, 7) is 5.00. The Hall–Kier alpha value is -1.52. The number of benzene rings is 1. The molecule has 1 aliphatic rings. The van der Waals surface area contributed by atoms with Gasteiger partial charge in [0.05, 0.1) is 18.0 Å². The molecule has 0 saturated carbocycles. The lowest BCUT2D eigenvalue weighted by Crippen LogP contribution is -2.48. The quantitative estimate of drug-likeness (QED) is 0.728. The van der Waals surface area contributed by atoms with E-state index in [2.05, 4.69) is 22.0 Å². The first-order chi connectivity index (χ1) is 12.5. The molecule has 8 nitrogen and oxygen atoms in total. The molecule has 10 heteroatoms. The first-order valence-electron chi connectivity index (χ1n) is 8.86. The van der Waals surface area contributed by atoms with Crippen molar-refractivity contribution in [3.05, 3.63) is 41.5 Å². The molecule has 0 bridgehead atoms. The predicted molar refractivity (Wildman–Crippen MR) is 104 cm³/mol. The van der Waals surface area contributed by atoms with Crippen LogP contribution in [-0.4, -0.2) is 53.9 Å². The molecular formula is C17H26ClN5O3S. The van der Waals surface area contributed by atoms with Gasteiger partial charge in [0.1, 0.15) is 0 Å². The Morgan fingerprint density at radius 2 is 1.81 bits per heavy atom. The van der Waals surface area contributed by atoms with Crippen LogP contribution in [0, 0.1) is 0 Å². The second-order valence-electron chi connectivity index (χ2n) is 6.38. The average molecular weight is 416 g/mol. The molecule has 1 saturated heterocycles. The molecule has 2 aromatic rings. The zero-order valence-electron chi connectivity index (χ0n) is 15.4. The van der Waals surface area contributed by atoms with Gasteiger partial charge >= 0.3 is 0 Å². The van der Waals surface area contributed by atoms with Crippen LogP contribution in [-0.2, 0) is 29.5 Å². The van der Waals surface area contributed by atoms with Crippen molar-refractivity contribution >= 4 is 22.4 Å². The normalized spacial score (nSPS) is 16.2. The van der Waals surface area contributed by atoms with Gasteiger partial charge in [-0.05, 0) is 24.1 Å². The Balaban J connectivity index is 0.00000261. The molecule has 0 unspecified atom stereocenters. The molecule has 0 radical (unpaired) electrons. The molecule has 0 aliphatic carbocycles. The molecule has 3 rings (SSSR count). The van der Waals surface area contributed by atoms with E-state index < -0.39 is 10.0 Å². The lowest BCUT2D eigenvalue weighted by Gasteiger charge is -2.33. The van der Waals surface area contributed by atoms with Crippen LogP contribution in [0.4, 0.5) is 0 Å². The summed E-state index contributed by atoms with van der Waals surface area (Å²) in [6.07, 6.45) is 2.00. The number of nitrogens with zero attached hydrogens (tertiary/aromatic N) is 4. The minimum absolute atomic E-state index is 0. The van der Waals surface area contributed by atoms with Gasteiger partial charge < -0.3 is 10.3 Å². The van der Waals surface area contributed by atoms with Crippen molar-refractivity contribution < 1.29 is 12.9 Å². The largest absolute Gasteiger partial charge is 0.338 e. The van der Waals surface area contributed by atoms with Gasteiger partial charge in [0.15, 0.2) is 5.82 Å². The summed E-state index contributed by atoms with van der Waals surface area (Å²) in [5.74, 6) is 0.987. The molecule has 1 aromatic carbocycles. The zero-order valence-corrected chi connectivity index (χ0v) is 17.0. The van der Waals surface area contributed by atoms with Gasteiger partial charge in [-0.15, -0.1) is 12.4 Å². The van der Waals surface area contributed by atoms with Crippen molar-refractivity contribution in [3.8, 4) is 0 Å². The third-order valence-electron chi connectivity index (χ3n) is 4.48. The Bertz CT molecular complexity index is 817. The van der Waals surface area contributed by atoms with Crippen LogP contribution >= 0.6 is 12.4 Å². The van der Waals surface area contributed by atoms with E-state index in [1.807, 2.05) is 12.1 Å². The zero-order chi connectivity index (χ0) is 18.6. The van der Waals surface area contributed by atoms with Gasteiger partial charge in [0.2, 0.25) is 15.9 Å². The molecule has 0 atom stereocenters. The highest BCUT2D eigenvalue weighted by Gasteiger charge is 2.28. The van der Waals surface area contributed by atoms with Gasteiger partial charge in [-0.3, -0.25) is 4.90 Å². The number of aryl methyl sites for hydroxylation is 1. The third kappa shape index (κ3) is 5.26. The standard InChI is InChI=1S/C17H25N5O3S.ClH/c1-2-3-14-4-6-15(7-5-14)26(23,24)22-10-8-21(9-11-22)13-16-19-17(12-18)25-20-16;/h4-7H,2-3,8-13,18H2,1H3;1H. The summed E-state index contributed by atoms with van der Waals surface area (Å²) in [5.41, 5.74) is 6.62. The molecule has 0 spiro atoms. The van der Waals surface area contributed by atoms with Gasteiger partial charge in [-0.25, -0.2) is 8.42 Å². The highest BCUT2D eigenvalue weighted by atomic mass is 35.5. The number of hydrogen-bond acceptors (Lipinski definition) is 7. The lowest BCUT2D eigenvalue weighted by molar-refractivity contribution is 0.176. The van der Waals surface area contributed by atoms with Gasteiger partial charge in [0, 0.05) is 26.2 Å². The molecule has 27 heavy (non-hydrogen) atoms. The molecule has 1 fully saturated rings. The molecule has 2 N–H and O–H groups in total. The van der Waals surface area contributed by atoms with E-state index in [1.54, 1.807) is 16.4 Å². The minimum atomic E-state index is -3.45. The Morgan fingerprint density at radius 3 is 2.37 bits per heavy atom. The smallest absolute Gasteiger partial charge is 0.243 e. The lowest BCUT2D eigenvalue weighted by atomic mass is 10.1. The minimum Gasteiger partial charge on any atom is -0.338 e. The van der Waals surface area contributed by atoms with Crippen molar-refractivity contribution in [2.45, 2.75) is 37.8 Å². The number of rotatable bonds is 7.